The normalized spacial score (nSPS) is 28.4. The largest absolute Gasteiger partial charge is 0.355 e. The highest BCUT2D eigenvalue weighted by Crippen LogP contribution is 2.42. The van der Waals surface area contributed by atoms with Gasteiger partial charge in [-0.15, -0.1) is 5.10 Å². The van der Waals surface area contributed by atoms with Gasteiger partial charge in [0.2, 0.25) is 5.91 Å². The monoisotopic (exact) mass is 300 g/mol. The van der Waals surface area contributed by atoms with E-state index in [-0.39, 0.29) is 5.41 Å². The van der Waals surface area contributed by atoms with Crippen molar-refractivity contribution in [3.63, 3.8) is 0 Å². The number of likely N-dealkylation sites (tertiary alicyclic amines) is 1. The maximum Gasteiger partial charge on any atom is 0.225 e. The molecule has 3 fully saturated rings. The SMILES string of the molecule is Cc1ccc(N2CCC[C@@]3(CCN(C(=O)C4CC4)C3)C2)nn1. The second-order valence-corrected chi connectivity index (χ2v) is 7.34. The Kier molecular flexibility index (Phi) is 3.31. The number of aromatic nitrogens is 2. The first-order chi connectivity index (χ1) is 10.7. The lowest BCUT2D eigenvalue weighted by Crippen LogP contribution is -2.46. The number of aryl methyl sites for hydroxylation is 1. The van der Waals surface area contributed by atoms with Gasteiger partial charge >= 0.3 is 0 Å². The van der Waals surface area contributed by atoms with E-state index in [2.05, 4.69) is 26.1 Å². The van der Waals surface area contributed by atoms with Crippen LogP contribution in [0.3, 0.4) is 0 Å². The van der Waals surface area contributed by atoms with Crippen LogP contribution in [0.1, 0.15) is 37.8 Å². The molecule has 2 saturated heterocycles. The van der Waals surface area contributed by atoms with Crippen molar-refractivity contribution in [1.29, 1.82) is 0 Å². The molecule has 2 aliphatic heterocycles. The summed E-state index contributed by atoms with van der Waals surface area (Å²) in [5.74, 6) is 1.73. The second-order valence-electron chi connectivity index (χ2n) is 7.34. The van der Waals surface area contributed by atoms with Crippen LogP contribution in [0.5, 0.6) is 0 Å². The fourth-order valence-electron chi connectivity index (χ4n) is 4.01. The molecule has 1 spiro atoms. The number of hydrogen-bond donors (Lipinski definition) is 0. The summed E-state index contributed by atoms with van der Waals surface area (Å²) in [6.07, 6.45) is 5.76. The van der Waals surface area contributed by atoms with Crippen molar-refractivity contribution in [3.8, 4) is 0 Å². The van der Waals surface area contributed by atoms with E-state index in [9.17, 15) is 4.79 Å². The molecule has 1 amide bonds. The summed E-state index contributed by atoms with van der Waals surface area (Å²) in [7, 11) is 0. The molecule has 1 aliphatic carbocycles. The Bertz CT molecular complexity index is 569. The van der Waals surface area contributed by atoms with Crippen LogP contribution in [-0.4, -0.2) is 47.2 Å². The van der Waals surface area contributed by atoms with Gasteiger partial charge in [0, 0.05) is 37.5 Å². The highest BCUT2D eigenvalue weighted by molar-refractivity contribution is 5.81. The molecule has 0 N–H and O–H groups in total. The Morgan fingerprint density at radius 1 is 1.18 bits per heavy atom. The Labute approximate surface area is 131 Å². The van der Waals surface area contributed by atoms with Crippen LogP contribution in [0.2, 0.25) is 0 Å². The van der Waals surface area contributed by atoms with E-state index in [1.54, 1.807) is 0 Å². The van der Waals surface area contributed by atoms with Crippen molar-refractivity contribution in [2.24, 2.45) is 11.3 Å². The molecule has 0 aromatic carbocycles. The molecule has 4 rings (SSSR count). The van der Waals surface area contributed by atoms with Crippen LogP contribution in [0, 0.1) is 18.3 Å². The second kappa shape index (κ2) is 5.21. The zero-order chi connectivity index (χ0) is 15.2. The van der Waals surface area contributed by atoms with Gasteiger partial charge in [-0.25, -0.2) is 0 Å². The van der Waals surface area contributed by atoms with E-state index in [4.69, 9.17) is 0 Å². The number of hydrogen-bond acceptors (Lipinski definition) is 4. The summed E-state index contributed by atoms with van der Waals surface area (Å²) in [5, 5.41) is 8.53. The molecule has 3 heterocycles. The minimum atomic E-state index is 0.273. The van der Waals surface area contributed by atoms with Crippen LogP contribution in [0.4, 0.5) is 5.82 Å². The Hall–Kier alpha value is -1.65. The molecule has 0 bridgehead atoms. The first-order valence-electron chi connectivity index (χ1n) is 8.49. The number of rotatable bonds is 2. The summed E-state index contributed by atoms with van der Waals surface area (Å²) in [5.41, 5.74) is 1.23. The molecule has 0 unspecified atom stereocenters. The Morgan fingerprint density at radius 3 is 2.77 bits per heavy atom. The molecular weight excluding hydrogens is 276 g/mol. The lowest BCUT2D eigenvalue weighted by Gasteiger charge is -2.40. The average Bonchev–Trinajstić information content (AvgIpc) is 3.31. The molecule has 5 heteroatoms. The lowest BCUT2D eigenvalue weighted by molar-refractivity contribution is -0.131. The lowest BCUT2D eigenvalue weighted by atomic mass is 9.79. The quantitative estimate of drug-likeness (QED) is 0.838. The molecule has 0 radical (unpaired) electrons. The fraction of sp³-hybridized carbons (Fsp3) is 0.706. The van der Waals surface area contributed by atoms with Crippen LogP contribution in [0.25, 0.3) is 0 Å². The highest BCUT2D eigenvalue weighted by atomic mass is 16.2. The van der Waals surface area contributed by atoms with Gasteiger partial charge in [-0.05, 0) is 51.2 Å². The molecule has 3 aliphatic rings. The number of anilines is 1. The summed E-state index contributed by atoms with van der Waals surface area (Å²) in [4.78, 5) is 16.8. The number of nitrogens with zero attached hydrogens (tertiary/aromatic N) is 4. The molecule has 5 nitrogen and oxygen atoms in total. The van der Waals surface area contributed by atoms with Gasteiger partial charge in [-0.1, -0.05) is 0 Å². The van der Waals surface area contributed by atoms with Crippen LogP contribution in [0.15, 0.2) is 12.1 Å². The van der Waals surface area contributed by atoms with Crippen molar-refractivity contribution in [2.45, 2.75) is 39.0 Å². The molecule has 118 valence electrons. The van der Waals surface area contributed by atoms with Gasteiger partial charge in [0.1, 0.15) is 0 Å². The minimum Gasteiger partial charge on any atom is -0.355 e. The molecule has 1 aromatic heterocycles. The standard InChI is InChI=1S/C17H24N4O/c1-13-3-6-15(19-18-13)20-9-2-7-17(11-20)8-10-21(12-17)16(22)14-4-5-14/h3,6,14H,2,4-5,7-12H2,1H3/t17-/m1/s1. The van der Waals surface area contributed by atoms with E-state index >= 15 is 0 Å². The third kappa shape index (κ3) is 2.57. The van der Waals surface area contributed by atoms with Crippen molar-refractivity contribution in [3.05, 3.63) is 17.8 Å². The number of piperidine rings is 1. The molecule has 22 heavy (non-hydrogen) atoms. The smallest absolute Gasteiger partial charge is 0.225 e. The van der Waals surface area contributed by atoms with Crippen molar-refractivity contribution >= 4 is 11.7 Å². The van der Waals surface area contributed by atoms with Gasteiger partial charge in [-0.3, -0.25) is 4.79 Å². The van der Waals surface area contributed by atoms with Gasteiger partial charge < -0.3 is 9.80 Å². The summed E-state index contributed by atoms with van der Waals surface area (Å²) in [6.45, 7) is 5.92. The predicted molar refractivity (Wildman–Crippen MR) is 84.6 cm³/mol. The maximum atomic E-state index is 12.3. The zero-order valence-electron chi connectivity index (χ0n) is 13.3. The summed E-state index contributed by atoms with van der Waals surface area (Å²) in [6, 6.07) is 4.10. The third-order valence-corrected chi connectivity index (χ3v) is 5.45. The fourth-order valence-corrected chi connectivity index (χ4v) is 4.01. The average molecular weight is 300 g/mol. The number of carbonyl (C=O) groups excluding carboxylic acids is 1. The topological polar surface area (TPSA) is 49.3 Å². The zero-order valence-corrected chi connectivity index (χ0v) is 13.3. The predicted octanol–water partition coefficient (Wildman–Crippen LogP) is 2.01. The van der Waals surface area contributed by atoms with Gasteiger partial charge in [0.15, 0.2) is 5.82 Å². The molecule has 1 saturated carbocycles. The van der Waals surface area contributed by atoms with Gasteiger partial charge in [-0.2, -0.15) is 5.10 Å². The first kappa shape index (κ1) is 14.0. The van der Waals surface area contributed by atoms with Crippen molar-refractivity contribution in [2.75, 3.05) is 31.1 Å². The van der Waals surface area contributed by atoms with E-state index in [0.29, 0.717) is 11.8 Å². The van der Waals surface area contributed by atoms with Crippen LogP contribution < -0.4 is 4.90 Å². The maximum absolute atomic E-state index is 12.3. The van der Waals surface area contributed by atoms with E-state index < -0.39 is 0 Å². The van der Waals surface area contributed by atoms with E-state index in [0.717, 1.165) is 57.0 Å². The van der Waals surface area contributed by atoms with Crippen molar-refractivity contribution in [1.82, 2.24) is 15.1 Å². The van der Waals surface area contributed by atoms with Gasteiger partial charge in [0.05, 0.1) is 5.69 Å². The highest BCUT2D eigenvalue weighted by Gasteiger charge is 2.45. The number of amides is 1. The molecule has 1 aromatic rings. The minimum absolute atomic E-state index is 0.273. The van der Waals surface area contributed by atoms with E-state index in [1.807, 2.05) is 13.0 Å². The molecular formula is C17H24N4O. The summed E-state index contributed by atoms with van der Waals surface area (Å²) < 4.78 is 0. The van der Waals surface area contributed by atoms with Gasteiger partial charge in [0.25, 0.3) is 0 Å². The van der Waals surface area contributed by atoms with E-state index in [1.165, 1.54) is 12.8 Å². The Morgan fingerprint density at radius 2 is 2.05 bits per heavy atom. The number of carbonyl (C=O) groups is 1. The van der Waals surface area contributed by atoms with Crippen LogP contribution >= 0.6 is 0 Å². The Balaban J connectivity index is 1.46. The first-order valence-corrected chi connectivity index (χ1v) is 8.49. The van der Waals surface area contributed by atoms with Crippen molar-refractivity contribution < 1.29 is 4.79 Å². The summed E-state index contributed by atoms with van der Waals surface area (Å²) >= 11 is 0. The van der Waals surface area contributed by atoms with Crippen LogP contribution in [-0.2, 0) is 4.79 Å². The molecule has 1 atom stereocenters. The third-order valence-electron chi connectivity index (χ3n) is 5.45.